The van der Waals surface area contributed by atoms with Crippen LogP contribution in [0.2, 0.25) is 0 Å². The van der Waals surface area contributed by atoms with Gasteiger partial charge in [0, 0.05) is 4.70 Å². The van der Waals surface area contributed by atoms with Crippen LogP contribution in [0.15, 0.2) is 36.9 Å². The number of halogens is 1. The molecule has 2 rings (SSSR count). The van der Waals surface area contributed by atoms with Crippen LogP contribution >= 0.6 is 18.8 Å². The zero-order valence-corrected chi connectivity index (χ0v) is 23.2. The van der Waals surface area contributed by atoms with E-state index in [1.165, 1.54) is 43.4 Å². The molecule has 0 bridgehead atoms. The zero-order valence-electron chi connectivity index (χ0n) is 21.5. The van der Waals surface area contributed by atoms with E-state index in [0.29, 0.717) is 27.8 Å². The molecule has 1 aromatic heterocycles. The summed E-state index contributed by atoms with van der Waals surface area (Å²) in [5.74, 6) is -4.08. The van der Waals surface area contributed by atoms with E-state index >= 15 is 4.39 Å². The van der Waals surface area contributed by atoms with Gasteiger partial charge in [0.15, 0.2) is 0 Å². The molecule has 0 fully saturated rings. The lowest BCUT2D eigenvalue weighted by Crippen LogP contribution is -2.42. The molecule has 0 spiro atoms. The van der Waals surface area contributed by atoms with Gasteiger partial charge in [0.25, 0.3) is 7.44 Å². The van der Waals surface area contributed by atoms with Gasteiger partial charge in [0.2, 0.25) is 5.91 Å². The molecule has 0 amide bonds. The minimum atomic E-state index is -4.29. The maximum Gasteiger partial charge on any atom is 0.348 e. The summed E-state index contributed by atoms with van der Waals surface area (Å²) in [7, 11) is -4.29. The van der Waals surface area contributed by atoms with E-state index in [-0.39, 0.29) is 25.4 Å². The number of hydrogen-bond donors (Lipinski definition) is 2. The molecule has 0 aliphatic rings. The van der Waals surface area contributed by atoms with E-state index in [1.54, 1.807) is 12.1 Å². The highest BCUT2D eigenvalue weighted by Crippen LogP contribution is 2.54. The highest BCUT2D eigenvalue weighted by atomic mass is 32.1. The molecule has 0 saturated carbocycles. The lowest BCUT2D eigenvalue weighted by Gasteiger charge is -2.29. The number of carbonyl (C=O) groups is 3. The molecule has 2 N–H and O–H groups in total. The SMILES string of the molecule is C=CCOC(=O)c1cc2cc(C(F)P(=O)(N[C@@H](C)C(=O)OCCC)N[C@@H](C)C(=O)OCCC)ccc2s1. The summed E-state index contributed by atoms with van der Waals surface area (Å²) in [4.78, 5) is 37.1. The number of rotatable bonds is 15. The number of thiophene rings is 1. The minimum Gasteiger partial charge on any atom is -0.465 e. The smallest absolute Gasteiger partial charge is 0.348 e. The van der Waals surface area contributed by atoms with Gasteiger partial charge >= 0.3 is 17.9 Å². The fraction of sp³-hybridized carbons (Fsp3) is 0.480. The van der Waals surface area contributed by atoms with Crippen LogP contribution in [0.5, 0.6) is 0 Å². The van der Waals surface area contributed by atoms with Crippen LogP contribution in [0.4, 0.5) is 4.39 Å². The Morgan fingerprint density at radius 2 is 1.59 bits per heavy atom. The van der Waals surface area contributed by atoms with Gasteiger partial charge in [-0.25, -0.2) is 19.4 Å². The lowest BCUT2D eigenvalue weighted by molar-refractivity contribution is -0.145. The molecule has 12 heteroatoms. The predicted octanol–water partition coefficient (Wildman–Crippen LogP) is 5.27. The maximum atomic E-state index is 16.0. The molecule has 1 unspecified atom stereocenters. The largest absolute Gasteiger partial charge is 0.465 e. The van der Waals surface area contributed by atoms with Crippen LogP contribution < -0.4 is 10.2 Å². The Morgan fingerprint density at radius 1 is 1.03 bits per heavy atom. The molecule has 37 heavy (non-hydrogen) atoms. The number of fused-ring (bicyclic) bond motifs is 1. The van der Waals surface area contributed by atoms with Crippen molar-refractivity contribution < 1.29 is 37.5 Å². The fourth-order valence-corrected chi connectivity index (χ4v) is 6.45. The number of esters is 3. The van der Waals surface area contributed by atoms with E-state index < -0.39 is 43.3 Å². The van der Waals surface area contributed by atoms with Crippen LogP contribution in [0.1, 0.15) is 61.7 Å². The maximum absolute atomic E-state index is 16.0. The summed E-state index contributed by atoms with van der Waals surface area (Å²) in [6.07, 6.45) is 2.63. The van der Waals surface area contributed by atoms with Crippen molar-refractivity contribution in [3.8, 4) is 0 Å². The van der Waals surface area contributed by atoms with Crippen molar-refractivity contribution in [1.82, 2.24) is 10.2 Å². The molecule has 9 nitrogen and oxygen atoms in total. The van der Waals surface area contributed by atoms with E-state index in [4.69, 9.17) is 14.2 Å². The van der Waals surface area contributed by atoms with Crippen molar-refractivity contribution in [3.05, 3.63) is 47.4 Å². The van der Waals surface area contributed by atoms with E-state index in [1.807, 2.05) is 13.8 Å². The second-order valence-corrected chi connectivity index (χ2v) is 11.7. The molecule has 2 aromatic rings. The van der Waals surface area contributed by atoms with Crippen LogP contribution in [-0.4, -0.2) is 49.8 Å². The Labute approximate surface area is 220 Å². The first-order valence-electron chi connectivity index (χ1n) is 12.0. The van der Waals surface area contributed by atoms with Gasteiger partial charge in [0.05, 0.1) is 13.2 Å². The summed E-state index contributed by atoms with van der Waals surface area (Å²) in [5.41, 5.74) is 0.0305. The van der Waals surface area contributed by atoms with Gasteiger partial charge < -0.3 is 14.2 Å². The molecular weight excluding hydrogens is 522 g/mol. The quantitative estimate of drug-likeness (QED) is 0.131. The molecule has 204 valence electrons. The van der Waals surface area contributed by atoms with Gasteiger partial charge in [-0.1, -0.05) is 32.6 Å². The average Bonchev–Trinajstić information content (AvgIpc) is 3.31. The molecule has 0 radical (unpaired) electrons. The van der Waals surface area contributed by atoms with Crippen LogP contribution in [0.25, 0.3) is 10.1 Å². The monoisotopic (exact) mass is 556 g/mol. The number of benzene rings is 1. The molecule has 1 heterocycles. The third kappa shape index (κ3) is 8.46. The van der Waals surface area contributed by atoms with Gasteiger partial charge in [-0.2, -0.15) is 0 Å². The minimum absolute atomic E-state index is 0.0305. The van der Waals surface area contributed by atoms with Gasteiger partial charge in [-0.05, 0) is 55.8 Å². The summed E-state index contributed by atoms with van der Waals surface area (Å²) >= 11 is 1.17. The predicted molar refractivity (Wildman–Crippen MR) is 141 cm³/mol. The summed E-state index contributed by atoms with van der Waals surface area (Å²) in [6, 6.07) is 3.82. The van der Waals surface area contributed by atoms with Crippen molar-refractivity contribution in [2.75, 3.05) is 19.8 Å². The summed E-state index contributed by atoms with van der Waals surface area (Å²) < 4.78 is 45.9. The number of hydrogen-bond acceptors (Lipinski definition) is 8. The van der Waals surface area contributed by atoms with Crippen molar-refractivity contribution in [3.63, 3.8) is 0 Å². The molecular formula is C25H34FN2O7PS. The fourth-order valence-electron chi connectivity index (χ4n) is 3.23. The molecule has 0 aliphatic carbocycles. The average molecular weight is 557 g/mol. The normalized spacial score (nSPS) is 14.0. The Morgan fingerprint density at radius 3 is 2.11 bits per heavy atom. The van der Waals surface area contributed by atoms with Crippen LogP contribution in [0.3, 0.4) is 0 Å². The second-order valence-electron chi connectivity index (χ2n) is 8.33. The standard InChI is InChI=1S/C25H34FN2O7PS/c1-6-11-33-23(29)16(4)27-36(32,28-17(5)24(30)34-12-7-2)22(26)18-9-10-20-19(14-18)15-21(37-20)25(31)35-13-8-3/h8-10,14-17,22H,3,6-7,11-13H2,1-2,4-5H3,(H2,27,28,32)/t16-,17-,22?/m0/s1. The zero-order chi connectivity index (χ0) is 27.6. The van der Waals surface area contributed by atoms with E-state index in [0.717, 1.165) is 0 Å². The van der Waals surface area contributed by atoms with Crippen LogP contribution in [-0.2, 0) is 28.4 Å². The Kier molecular flexibility index (Phi) is 11.9. The van der Waals surface area contributed by atoms with Crippen LogP contribution in [0, 0.1) is 0 Å². The van der Waals surface area contributed by atoms with Gasteiger partial charge in [-0.3, -0.25) is 14.2 Å². The molecule has 3 atom stereocenters. The second kappa shape index (κ2) is 14.4. The third-order valence-corrected chi connectivity index (χ3v) is 8.62. The topological polar surface area (TPSA) is 120 Å². The molecule has 1 aromatic carbocycles. The van der Waals surface area contributed by atoms with Crippen molar-refractivity contribution >= 4 is 46.8 Å². The number of ether oxygens (including phenoxy) is 3. The first kappa shape index (κ1) is 30.6. The van der Waals surface area contributed by atoms with Crippen molar-refractivity contribution in [2.45, 2.75) is 58.5 Å². The highest BCUT2D eigenvalue weighted by molar-refractivity contribution is 7.60. The van der Waals surface area contributed by atoms with Gasteiger partial charge in [0.1, 0.15) is 23.6 Å². The van der Waals surface area contributed by atoms with Gasteiger partial charge in [-0.15, -0.1) is 11.3 Å². The van der Waals surface area contributed by atoms with E-state index in [9.17, 15) is 18.9 Å². The van der Waals surface area contributed by atoms with E-state index in [2.05, 4.69) is 16.8 Å². The Balaban J connectivity index is 2.36. The summed E-state index contributed by atoms with van der Waals surface area (Å²) in [6.45, 7) is 10.3. The van der Waals surface area contributed by atoms with Crippen molar-refractivity contribution in [1.29, 1.82) is 0 Å². The third-order valence-electron chi connectivity index (χ3n) is 5.04. The first-order chi connectivity index (χ1) is 17.6. The lowest BCUT2D eigenvalue weighted by atomic mass is 10.2. The number of alkyl halides is 1. The molecule has 0 saturated heterocycles. The van der Waals surface area contributed by atoms with Crippen molar-refractivity contribution in [2.24, 2.45) is 0 Å². The summed E-state index contributed by atoms with van der Waals surface area (Å²) in [5, 5.41) is 5.64. The number of nitrogens with one attached hydrogen (secondary N) is 2. The molecule has 0 aliphatic heterocycles. The highest BCUT2D eigenvalue weighted by Gasteiger charge is 2.40. The first-order valence-corrected chi connectivity index (χ1v) is 14.6. The Bertz CT molecular complexity index is 1120. The number of carbonyl (C=O) groups excluding carboxylic acids is 3. The Hall–Kier alpha value is -2.59.